The Morgan fingerprint density at radius 1 is 1.33 bits per heavy atom. The number of benzene rings is 1. The number of aryl methyl sites for hydroxylation is 1. The van der Waals surface area contributed by atoms with Crippen molar-refractivity contribution in [2.45, 2.75) is 52.7 Å². The first kappa shape index (κ1) is 15.0. The topological polar surface area (TPSA) is 21.3 Å². The van der Waals surface area contributed by atoms with Crippen LogP contribution in [0.15, 0.2) is 18.2 Å². The summed E-state index contributed by atoms with van der Waals surface area (Å²) in [6.07, 6.45) is 2.11. The Morgan fingerprint density at radius 3 is 2.72 bits per heavy atom. The van der Waals surface area contributed by atoms with Crippen LogP contribution in [0.5, 0.6) is 5.75 Å². The highest BCUT2D eigenvalue weighted by Gasteiger charge is 2.11. The first-order valence-electron chi connectivity index (χ1n) is 6.69. The Morgan fingerprint density at radius 2 is 2.06 bits per heavy atom. The summed E-state index contributed by atoms with van der Waals surface area (Å²) in [7, 11) is 0. The third-order valence-electron chi connectivity index (χ3n) is 2.91. The number of rotatable bonds is 7. The van der Waals surface area contributed by atoms with Crippen molar-refractivity contribution in [2.75, 3.05) is 6.54 Å². The zero-order chi connectivity index (χ0) is 13.5. The number of nitrogens with one attached hydrogen (secondary N) is 1. The molecule has 0 heterocycles. The van der Waals surface area contributed by atoms with E-state index in [4.69, 9.17) is 4.74 Å². The highest BCUT2D eigenvalue weighted by atomic mass is 19.1. The first-order chi connectivity index (χ1) is 8.52. The Balaban J connectivity index is 2.48. The highest BCUT2D eigenvalue weighted by molar-refractivity contribution is 5.32. The number of hydrogen-bond donors (Lipinski definition) is 1. The Labute approximate surface area is 110 Å². The summed E-state index contributed by atoms with van der Waals surface area (Å²) in [4.78, 5) is 0. The molecule has 1 aromatic carbocycles. The third-order valence-corrected chi connectivity index (χ3v) is 2.91. The van der Waals surface area contributed by atoms with Gasteiger partial charge in [-0.15, -0.1) is 0 Å². The molecule has 1 N–H and O–H groups in total. The lowest BCUT2D eigenvalue weighted by Gasteiger charge is -2.20. The van der Waals surface area contributed by atoms with Gasteiger partial charge in [0.2, 0.25) is 0 Å². The van der Waals surface area contributed by atoms with Gasteiger partial charge >= 0.3 is 0 Å². The maximum Gasteiger partial charge on any atom is 0.126 e. The quantitative estimate of drug-likeness (QED) is 0.800. The van der Waals surface area contributed by atoms with Crippen LogP contribution < -0.4 is 10.1 Å². The van der Waals surface area contributed by atoms with Gasteiger partial charge in [0.15, 0.2) is 0 Å². The molecule has 0 aliphatic rings. The molecule has 0 radical (unpaired) electrons. The van der Waals surface area contributed by atoms with E-state index in [9.17, 15) is 4.39 Å². The SMILES string of the molecule is CCCNC(C)CC(C)Oc1cc(F)ccc1C. The molecule has 0 spiro atoms. The first-order valence-corrected chi connectivity index (χ1v) is 6.69. The molecular weight excluding hydrogens is 229 g/mol. The average Bonchev–Trinajstić information content (AvgIpc) is 2.31. The summed E-state index contributed by atoms with van der Waals surface area (Å²) in [5.41, 5.74) is 0.970. The predicted molar refractivity (Wildman–Crippen MR) is 73.6 cm³/mol. The van der Waals surface area contributed by atoms with E-state index in [1.54, 1.807) is 6.07 Å². The molecule has 102 valence electrons. The van der Waals surface area contributed by atoms with Crippen molar-refractivity contribution in [1.29, 1.82) is 0 Å². The van der Waals surface area contributed by atoms with Crippen LogP contribution >= 0.6 is 0 Å². The van der Waals surface area contributed by atoms with Crippen LogP contribution in [0.4, 0.5) is 4.39 Å². The van der Waals surface area contributed by atoms with Crippen molar-refractivity contribution in [3.8, 4) is 5.75 Å². The summed E-state index contributed by atoms with van der Waals surface area (Å²) in [6, 6.07) is 5.07. The predicted octanol–water partition coefficient (Wildman–Crippen LogP) is 3.68. The number of halogens is 1. The fourth-order valence-electron chi connectivity index (χ4n) is 1.94. The molecule has 0 bridgehead atoms. The van der Waals surface area contributed by atoms with E-state index in [0.29, 0.717) is 11.8 Å². The van der Waals surface area contributed by atoms with Crippen LogP contribution in [0.25, 0.3) is 0 Å². The average molecular weight is 253 g/mol. The van der Waals surface area contributed by atoms with Crippen LogP contribution in [0, 0.1) is 12.7 Å². The summed E-state index contributed by atoms with van der Waals surface area (Å²) >= 11 is 0. The summed E-state index contributed by atoms with van der Waals surface area (Å²) < 4.78 is 18.9. The van der Waals surface area contributed by atoms with Gasteiger partial charge in [0.05, 0.1) is 6.10 Å². The van der Waals surface area contributed by atoms with Gasteiger partial charge in [-0.3, -0.25) is 0 Å². The molecule has 2 unspecified atom stereocenters. The zero-order valence-corrected chi connectivity index (χ0v) is 11.8. The Hall–Kier alpha value is -1.09. The lowest BCUT2D eigenvalue weighted by Crippen LogP contribution is -2.31. The zero-order valence-electron chi connectivity index (χ0n) is 11.8. The van der Waals surface area contributed by atoms with Gasteiger partial charge in [-0.25, -0.2) is 4.39 Å². The number of hydrogen-bond acceptors (Lipinski definition) is 2. The highest BCUT2D eigenvalue weighted by Crippen LogP contribution is 2.21. The molecule has 3 heteroatoms. The molecule has 2 nitrogen and oxygen atoms in total. The summed E-state index contributed by atoms with van der Waals surface area (Å²) in [5, 5.41) is 3.42. The van der Waals surface area contributed by atoms with Crippen molar-refractivity contribution in [1.82, 2.24) is 5.32 Å². The lowest BCUT2D eigenvalue weighted by molar-refractivity contribution is 0.194. The molecule has 0 aliphatic carbocycles. The summed E-state index contributed by atoms with van der Waals surface area (Å²) in [6.45, 7) is 9.27. The van der Waals surface area contributed by atoms with E-state index in [1.165, 1.54) is 12.1 Å². The molecule has 1 aromatic rings. The minimum atomic E-state index is -0.250. The van der Waals surface area contributed by atoms with Crippen molar-refractivity contribution in [2.24, 2.45) is 0 Å². The van der Waals surface area contributed by atoms with Crippen LogP contribution in [0.3, 0.4) is 0 Å². The van der Waals surface area contributed by atoms with Crippen LogP contribution in [-0.4, -0.2) is 18.7 Å². The second-order valence-corrected chi connectivity index (χ2v) is 4.93. The lowest BCUT2D eigenvalue weighted by atomic mass is 10.1. The summed E-state index contributed by atoms with van der Waals surface area (Å²) in [5.74, 6) is 0.394. The van der Waals surface area contributed by atoms with E-state index in [2.05, 4.69) is 19.2 Å². The maximum absolute atomic E-state index is 13.1. The Kier molecular flexibility index (Phi) is 6.13. The van der Waals surface area contributed by atoms with Crippen molar-refractivity contribution >= 4 is 0 Å². The fourth-order valence-corrected chi connectivity index (χ4v) is 1.94. The molecule has 0 fully saturated rings. The second kappa shape index (κ2) is 7.37. The molecule has 0 aromatic heterocycles. The van der Waals surface area contributed by atoms with E-state index in [0.717, 1.165) is 24.9 Å². The molecule has 1 rings (SSSR count). The van der Waals surface area contributed by atoms with Crippen LogP contribution in [0.2, 0.25) is 0 Å². The third kappa shape index (κ3) is 5.05. The van der Waals surface area contributed by atoms with Crippen LogP contribution in [0.1, 0.15) is 39.2 Å². The molecule has 0 saturated carbocycles. The van der Waals surface area contributed by atoms with E-state index in [1.807, 2.05) is 13.8 Å². The molecule has 18 heavy (non-hydrogen) atoms. The molecule has 0 saturated heterocycles. The van der Waals surface area contributed by atoms with E-state index >= 15 is 0 Å². The largest absolute Gasteiger partial charge is 0.490 e. The maximum atomic E-state index is 13.1. The van der Waals surface area contributed by atoms with E-state index < -0.39 is 0 Å². The van der Waals surface area contributed by atoms with E-state index in [-0.39, 0.29) is 11.9 Å². The fraction of sp³-hybridized carbons (Fsp3) is 0.600. The smallest absolute Gasteiger partial charge is 0.126 e. The van der Waals surface area contributed by atoms with Crippen molar-refractivity contribution in [3.05, 3.63) is 29.6 Å². The second-order valence-electron chi connectivity index (χ2n) is 4.93. The standard InChI is InChI=1S/C15H24FNO/c1-5-8-17-12(3)9-13(4)18-15-10-14(16)7-6-11(15)2/h6-7,10,12-13,17H,5,8-9H2,1-4H3. The van der Waals surface area contributed by atoms with Gasteiger partial charge in [0, 0.05) is 12.1 Å². The molecule has 0 aliphatic heterocycles. The van der Waals surface area contributed by atoms with Gasteiger partial charge in [0.25, 0.3) is 0 Å². The minimum Gasteiger partial charge on any atom is -0.490 e. The number of ether oxygens (including phenoxy) is 1. The van der Waals surface area contributed by atoms with Crippen LogP contribution in [-0.2, 0) is 0 Å². The minimum absolute atomic E-state index is 0.0739. The van der Waals surface area contributed by atoms with Gasteiger partial charge in [0.1, 0.15) is 11.6 Å². The van der Waals surface area contributed by atoms with Gasteiger partial charge in [-0.1, -0.05) is 13.0 Å². The van der Waals surface area contributed by atoms with Gasteiger partial charge < -0.3 is 10.1 Å². The van der Waals surface area contributed by atoms with Crippen molar-refractivity contribution in [3.63, 3.8) is 0 Å². The van der Waals surface area contributed by atoms with Crippen molar-refractivity contribution < 1.29 is 9.13 Å². The van der Waals surface area contributed by atoms with Gasteiger partial charge in [-0.2, -0.15) is 0 Å². The monoisotopic (exact) mass is 253 g/mol. The Bertz CT molecular complexity index is 368. The molecule has 0 amide bonds. The van der Waals surface area contributed by atoms with Gasteiger partial charge in [-0.05, 0) is 51.8 Å². The molecule has 2 atom stereocenters. The normalized spacial score (nSPS) is 14.3. The molecular formula is C15H24FNO.